The molecule has 0 spiro atoms. The molecule has 106 valence electrons. The van der Waals surface area contributed by atoms with Gasteiger partial charge < -0.3 is 4.74 Å². The highest BCUT2D eigenvalue weighted by molar-refractivity contribution is 5.42. The maximum absolute atomic E-state index is 5.39. The lowest BCUT2D eigenvalue weighted by Gasteiger charge is -2.42. The van der Waals surface area contributed by atoms with Crippen LogP contribution in [0, 0.1) is 11.8 Å². The molecule has 0 bridgehead atoms. The fraction of sp³-hybridized carbons (Fsp3) is 0.579. The van der Waals surface area contributed by atoms with Gasteiger partial charge in [0.2, 0.25) is 0 Å². The van der Waals surface area contributed by atoms with Crippen LogP contribution in [-0.2, 0) is 6.42 Å². The van der Waals surface area contributed by atoms with Crippen molar-refractivity contribution in [2.75, 3.05) is 7.11 Å². The van der Waals surface area contributed by atoms with Gasteiger partial charge in [0.05, 0.1) is 7.11 Å². The van der Waals surface area contributed by atoms with E-state index in [-0.39, 0.29) is 0 Å². The Balaban J connectivity index is 1.70. The van der Waals surface area contributed by atoms with Crippen LogP contribution in [0.5, 0.6) is 5.75 Å². The van der Waals surface area contributed by atoms with E-state index in [2.05, 4.69) is 25.1 Å². The first kappa shape index (κ1) is 12.5. The van der Waals surface area contributed by atoms with Crippen molar-refractivity contribution < 1.29 is 4.74 Å². The summed E-state index contributed by atoms with van der Waals surface area (Å²) in [7, 11) is 1.77. The zero-order valence-electron chi connectivity index (χ0n) is 12.6. The van der Waals surface area contributed by atoms with E-state index in [1.807, 2.05) is 5.57 Å². The molecule has 0 amide bonds. The number of hydrogen-bond acceptors (Lipinski definition) is 1. The van der Waals surface area contributed by atoms with Crippen LogP contribution in [0.25, 0.3) is 0 Å². The minimum absolute atomic E-state index is 0.810. The highest BCUT2D eigenvalue weighted by Gasteiger charge is 2.41. The van der Waals surface area contributed by atoms with Crippen molar-refractivity contribution in [2.24, 2.45) is 11.8 Å². The molecule has 1 nitrogen and oxygen atoms in total. The molecule has 3 aliphatic carbocycles. The predicted molar refractivity (Wildman–Crippen MR) is 82.2 cm³/mol. The summed E-state index contributed by atoms with van der Waals surface area (Å²) in [6.45, 7) is 2.37. The van der Waals surface area contributed by atoms with Crippen molar-refractivity contribution in [1.29, 1.82) is 0 Å². The van der Waals surface area contributed by atoms with Gasteiger partial charge in [-0.1, -0.05) is 17.2 Å². The van der Waals surface area contributed by atoms with Crippen LogP contribution >= 0.6 is 0 Å². The van der Waals surface area contributed by atoms with Crippen LogP contribution < -0.4 is 4.74 Å². The summed E-state index contributed by atoms with van der Waals surface area (Å²) in [5.41, 5.74) is 6.73. The summed E-state index contributed by atoms with van der Waals surface area (Å²) < 4.78 is 5.39. The Hall–Kier alpha value is -1.24. The third-order valence-corrected chi connectivity index (χ3v) is 6.08. The van der Waals surface area contributed by atoms with Crippen LogP contribution in [0.2, 0.25) is 0 Å². The molecule has 0 heterocycles. The molecule has 1 aromatic rings. The molecule has 0 saturated heterocycles. The number of methoxy groups -OCH3 is 1. The summed E-state index contributed by atoms with van der Waals surface area (Å²) in [4.78, 5) is 0. The average Bonchev–Trinajstić information content (AvgIpc) is 2.88. The standard InChI is InChI=1S/C19H24O/c1-12-3-6-17-15(12)9-10-18-16-8-5-14(20-2)11-13(16)4-7-19(17)18/h5,8,11,17-19H,3-4,6-7,9-10H2,1-2H3/t17-,18-,19+/m1/s1. The first-order valence-electron chi connectivity index (χ1n) is 8.13. The summed E-state index contributed by atoms with van der Waals surface area (Å²) in [5, 5.41) is 0. The Morgan fingerprint density at radius 1 is 1.00 bits per heavy atom. The molecule has 0 aliphatic heterocycles. The Morgan fingerprint density at radius 2 is 1.85 bits per heavy atom. The number of fused-ring (bicyclic) bond motifs is 5. The molecule has 0 unspecified atom stereocenters. The Kier molecular flexibility index (Phi) is 2.90. The van der Waals surface area contributed by atoms with Crippen molar-refractivity contribution in [3.05, 3.63) is 40.5 Å². The van der Waals surface area contributed by atoms with Gasteiger partial charge in [-0.15, -0.1) is 0 Å². The minimum Gasteiger partial charge on any atom is -0.497 e. The molecule has 3 aliphatic rings. The quantitative estimate of drug-likeness (QED) is 0.661. The third-order valence-electron chi connectivity index (χ3n) is 6.08. The summed E-state index contributed by atoms with van der Waals surface area (Å²) in [5.74, 6) is 3.65. The zero-order valence-corrected chi connectivity index (χ0v) is 12.6. The number of aryl methyl sites for hydroxylation is 1. The van der Waals surface area contributed by atoms with Gasteiger partial charge in [0, 0.05) is 0 Å². The van der Waals surface area contributed by atoms with Crippen molar-refractivity contribution in [3.63, 3.8) is 0 Å². The van der Waals surface area contributed by atoms with Gasteiger partial charge >= 0.3 is 0 Å². The lowest BCUT2D eigenvalue weighted by atomic mass is 9.62. The van der Waals surface area contributed by atoms with Crippen LogP contribution in [0.4, 0.5) is 0 Å². The van der Waals surface area contributed by atoms with Crippen molar-refractivity contribution >= 4 is 0 Å². The molecule has 1 aromatic carbocycles. The third kappa shape index (κ3) is 1.75. The molecule has 0 aromatic heterocycles. The lowest BCUT2D eigenvalue weighted by Crippen LogP contribution is -2.31. The molecule has 3 atom stereocenters. The van der Waals surface area contributed by atoms with Crippen molar-refractivity contribution in [2.45, 2.75) is 51.4 Å². The molecule has 0 radical (unpaired) electrons. The van der Waals surface area contributed by atoms with E-state index in [1.165, 1.54) is 38.5 Å². The van der Waals surface area contributed by atoms with Gasteiger partial charge in [-0.25, -0.2) is 0 Å². The van der Waals surface area contributed by atoms with Gasteiger partial charge in [0.1, 0.15) is 5.75 Å². The zero-order chi connectivity index (χ0) is 13.7. The fourth-order valence-corrected chi connectivity index (χ4v) is 5.10. The monoisotopic (exact) mass is 268 g/mol. The molecule has 4 rings (SSSR count). The first-order valence-corrected chi connectivity index (χ1v) is 8.13. The highest BCUT2D eigenvalue weighted by Crippen LogP contribution is 2.54. The van der Waals surface area contributed by atoms with Crippen molar-refractivity contribution in [3.8, 4) is 5.75 Å². The largest absolute Gasteiger partial charge is 0.497 e. The topological polar surface area (TPSA) is 9.23 Å². The maximum Gasteiger partial charge on any atom is 0.119 e. The van der Waals surface area contributed by atoms with Crippen LogP contribution in [-0.4, -0.2) is 7.11 Å². The fourth-order valence-electron chi connectivity index (χ4n) is 5.10. The van der Waals surface area contributed by atoms with Crippen molar-refractivity contribution in [1.82, 2.24) is 0 Å². The molecule has 20 heavy (non-hydrogen) atoms. The molecule has 1 heteroatoms. The van der Waals surface area contributed by atoms with Gasteiger partial charge in [-0.2, -0.15) is 0 Å². The number of rotatable bonds is 1. The van der Waals surface area contributed by atoms with Gasteiger partial charge in [-0.3, -0.25) is 0 Å². The van der Waals surface area contributed by atoms with E-state index in [4.69, 9.17) is 4.74 Å². The summed E-state index contributed by atoms with van der Waals surface area (Å²) in [6.07, 6.45) is 8.13. The summed E-state index contributed by atoms with van der Waals surface area (Å²) >= 11 is 0. The molecular weight excluding hydrogens is 244 g/mol. The normalized spacial score (nSPS) is 31.6. The maximum atomic E-state index is 5.39. The van der Waals surface area contributed by atoms with Crippen LogP contribution in [0.15, 0.2) is 29.3 Å². The SMILES string of the molecule is COc1ccc2c(c1)CC[C@H]1[C@@H]3CCC(C)=C3CC[C@H]21. The second kappa shape index (κ2) is 4.65. The number of benzene rings is 1. The van der Waals surface area contributed by atoms with E-state index >= 15 is 0 Å². The van der Waals surface area contributed by atoms with E-state index in [0.29, 0.717) is 0 Å². The second-order valence-electron chi connectivity index (χ2n) is 6.86. The van der Waals surface area contributed by atoms with Gasteiger partial charge in [0.25, 0.3) is 0 Å². The summed E-state index contributed by atoms with van der Waals surface area (Å²) in [6, 6.07) is 6.78. The van der Waals surface area contributed by atoms with E-state index in [1.54, 1.807) is 23.8 Å². The lowest BCUT2D eigenvalue weighted by molar-refractivity contribution is 0.233. The number of hydrogen-bond donors (Lipinski definition) is 0. The van der Waals surface area contributed by atoms with Gasteiger partial charge in [-0.05, 0) is 86.5 Å². The Labute approximate surface area is 122 Å². The minimum atomic E-state index is 0.810. The molecule has 1 saturated carbocycles. The van der Waals surface area contributed by atoms with Crippen LogP contribution in [0.3, 0.4) is 0 Å². The predicted octanol–water partition coefficient (Wildman–Crippen LogP) is 4.86. The smallest absolute Gasteiger partial charge is 0.119 e. The molecule has 1 fully saturated rings. The van der Waals surface area contributed by atoms with Gasteiger partial charge in [0.15, 0.2) is 0 Å². The molecule has 0 N–H and O–H groups in total. The molecular formula is C19H24O. The van der Waals surface area contributed by atoms with E-state index in [9.17, 15) is 0 Å². The van der Waals surface area contributed by atoms with E-state index in [0.717, 1.165) is 23.5 Å². The van der Waals surface area contributed by atoms with Crippen LogP contribution in [0.1, 0.15) is 56.1 Å². The second-order valence-corrected chi connectivity index (χ2v) is 6.86. The number of allylic oxidation sites excluding steroid dienone is 2. The highest BCUT2D eigenvalue weighted by atomic mass is 16.5. The number of ether oxygens (including phenoxy) is 1. The first-order chi connectivity index (χ1) is 9.78. The van der Waals surface area contributed by atoms with E-state index < -0.39 is 0 Å². The Morgan fingerprint density at radius 3 is 2.70 bits per heavy atom. The average molecular weight is 268 g/mol. The Bertz CT molecular complexity index is 569.